The lowest BCUT2D eigenvalue weighted by Crippen LogP contribution is -2.06. The maximum Gasteiger partial charge on any atom is 0.211 e. The summed E-state index contributed by atoms with van der Waals surface area (Å²) in [4.78, 5) is 14.6. The van der Waals surface area contributed by atoms with Crippen molar-refractivity contribution in [3.8, 4) is 0 Å². The van der Waals surface area contributed by atoms with Crippen LogP contribution >= 0.6 is 23.2 Å². The third-order valence-electron chi connectivity index (χ3n) is 3.38. The Morgan fingerprint density at radius 2 is 2.08 bits per heavy atom. The van der Waals surface area contributed by atoms with Gasteiger partial charge in [-0.1, -0.05) is 35.9 Å². The molecular formula is C19H19Cl2N3O2. The first-order chi connectivity index (χ1) is 12.5. The van der Waals surface area contributed by atoms with E-state index in [9.17, 15) is 4.79 Å². The SMILES string of the molecule is C=C(/C=C\C=C(/C)OCc1nccn1Cc1cc(Cl)cc(Cl)c1)NC=O. The molecule has 1 heterocycles. The third-order valence-corrected chi connectivity index (χ3v) is 3.82. The number of hydrogen-bond donors (Lipinski definition) is 1. The number of nitrogens with zero attached hydrogens (tertiary/aromatic N) is 2. The van der Waals surface area contributed by atoms with Gasteiger partial charge in [0.05, 0.1) is 5.76 Å². The second kappa shape index (κ2) is 9.85. The zero-order chi connectivity index (χ0) is 18.9. The van der Waals surface area contributed by atoms with Crippen molar-refractivity contribution < 1.29 is 9.53 Å². The average molecular weight is 392 g/mol. The van der Waals surface area contributed by atoms with Gasteiger partial charge in [-0.3, -0.25) is 4.79 Å². The number of rotatable bonds is 9. The molecule has 136 valence electrons. The number of imidazole rings is 1. The molecule has 0 atom stereocenters. The standard InChI is InChI=1S/C19H19Cl2N3O2/c1-14(23-13-25)4-3-5-15(2)26-12-19-22-6-7-24(19)11-16-8-17(20)10-18(21)9-16/h3-10,13H,1,11-12H2,2H3,(H,23,25)/b4-3-,15-5+. The van der Waals surface area contributed by atoms with Crippen molar-refractivity contribution in [3.05, 3.63) is 88.3 Å². The van der Waals surface area contributed by atoms with Gasteiger partial charge in [0.25, 0.3) is 0 Å². The van der Waals surface area contributed by atoms with Gasteiger partial charge in [0, 0.05) is 34.7 Å². The highest BCUT2D eigenvalue weighted by molar-refractivity contribution is 6.34. The summed E-state index contributed by atoms with van der Waals surface area (Å²) in [5.74, 6) is 1.49. The summed E-state index contributed by atoms with van der Waals surface area (Å²) in [5, 5.41) is 3.65. The summed E-state index contributed by atoms with van der Waals surface area (Å²) in [6, 6.07) is 5.44. The van der Waals surface area contributed by atoms with Crippen LogP contribution in [0, 0.1) is 0 Å². The van der Waals surface area contributed by atoms with E-state index in [1.165, 1.54) is 0 Å². The Morgan fingerprint density at radius 3 is 2.77 bits per heavy atom. The predicted molar refractivity (Wildman–Crippen MR) is 104 cm³/mol. The first-order valence-electron chi connectivity index (χ1n) is 7.80. The van der Waals surface area contributed by atoms with E-state index in [4.69, 9.17) is 27.9 Å². The summed E-state index contributed by atoms with van der Waals surface area (Å²) in [5.41, 5.74) is 1.48. The number of ether oxygens (including phenoxy) is 1. The van der Waals surface area contributed by atoms with Gasteiger partial charge in [-0.15, -0.1) is 0 Å². The maximum absolute atomic E-state index is 10.3. The summed E-state index contributed by atoms with van der Waals surface area (Å²) in [6.07, 6.45) is 9.37. The fraction of sp³-hybridized carbons (Fsp3) is 0.158. The molecule has 0 spiro atoms. The molecule has 0 saturated heterocycles. The number of hydrogen-bond acceptors (Lipinski definition) is 3. The predicted octanol–water partition coefficient (Wildman–Crippen LogP) is 4.47. The topological polar surface area (TPSA) is 56.1 Å². The van der Waals surface area contributed by atoms with Crippen molar-refractivity contribution in [1.82, 2.24) is 14.9 Å². The monoisotopic (exact) mass is 391 g/mol. The number of carbonyl (C=O) groups excluding carboxylic acids is 1. The minimum atomic E-state index is 0.324. The maximum atomic E-state index is 10.3. The van der Waals surface area contributed by atoms with Crippen LogP contribution in [0.5, 0.6) is 0 Å². The molecular weight excluding hydrogens is 373 g/mol. The zero-order valence-corrected chi connectivity index (χ0v) is 15.8. The number of allylic oxidation sites excluding steroid dienone is 4. The van der Waals surface area contributed by atoms with Crippen LogP contribution in [0.3, 0.4) is 0 Å². The third kappa shape index (κ3) is 6.43. The van der Waals surface area contributed by atoms with Crippen LogP contribution in [-0.2, 0) is 22.7 Å². The molecule has 0 saturated carbocycles. The smallest absolute Gasteiger partial charge is 0.211 e. The molecule has 1 amide bonds. The second-order valence-corrected chi connectivity index (χ2v) is 6.33. The number of aromatic nitrogens is 2. The zero-order valence-electron chi connectivity index (χ0n) is 14.3. The van der Waals surface area contributed by atoms with Crippen molar-refractivity contribution in [2.45, 2.75) is 20.1 Å². The Kier molecular flexibility index (Phi) is 7.51. The van der Waals surface area contributed by atoms with Crippen LogP contribution in [0.2, 0.25) is 10.0 Å². The van der Waals surface area contributed by atoms with Crippen LogP contribution in [0.1, 0.15) is 18.3 Å². The molecule has 1 aromatic heterocycles. The molecule has 0 bridgehead atoms. The Balaban J connectivity index is 1.96. The highest BCUT2D eigenvalue weighted by Crippen LogP contribution is 2.20. The van der Waals surface area contributed by atoms with Crippen molar-refractivity contribution in [1.29, 1.82) is 0 Å². The van der Waals surface area contributed by atoms with E-state index in [0.29, 0.717) is 41.1 Å². The molecule has 0 unspecified atom stereocenters. The van der Waals surface area contributed by atoms with Crippen LogP contribution in [0.15, 0.2) is 66.9 Å². The van der Waals surface area contributed by atoms with Gasteiger partial charge < -0.3 is 14.6 Å². The lowest BCUT2D eigenvalue weighted by Gasteiger charge is -2.10. The number of amides is 1. The van der Waals surface area contributed by atoms with E-state index in [-0.39, 0.29) is 0 Å². The lowest BCUT2D eigenvalue weighted by atomic mass is 10.2. The molecule has 2 aromatic rings. The fourth-order valence-electron chi connectivity index (χ4n) is 2.17. The van der Waals surface area contributed by atoms with Gasteiger partial charge in [-0.2, -0.15) is 0 Å². The highest BCUT2D eigenvalue weighted by Gasteiger charge is 2.06. The van der Waals surface area contributed by atoms with E-state index in [1.54, 1.807) is 30.5 Å². The van der Waals surface area contributed by atoms with Gasteiger partial charge in [-0.05, 0) is 42.8 Å². The van der Waals surface area contributed by atoms with E-state index in [0.717, 1.165) is 11.4 Å². The highest BCUT2D eigenvalue weighted by atomic mass is 35.5. The quantitative estimate of drug-likeness (QED) is 0.389. The molecule has 1 aromatic carbocycles. The molecule has 5 nitrogen and oxygen atoms in total. The summed E-state index contributed by atoms with van der Waals surface area (Å²) in [7, 11) is 0. The molecule has 26 heavy (non-hydrogen) atoms. The van der Waals surface area contributed by atoms with E-state index < -0.39 is 0 Å². The minimum Gasteiger partial charge on any atom is -0.490 e. The molecule has 7 heteroatoms. The van der Waals surface area contributed by atoms with E-state index >= 15 is 0 Å². The van der Waals surface area contributed by atoms with Crippen molar-refractivity contribution >= 4 is 29.6 Å². The summed E-state index contributed by atoms with van der Waals surface area (Å²) < 4.78 is 7.68. The minimum absolute atomic E-state index is 0.324. The van der Waals surface area contributed by atoms with Crippen LogP contribution in [0.25, 0.3) is 0 Å². The van der Waals surface area contributed by atoms with Gasteiger partial charge in [0.15, 0.2) is 0 Å². The average Bonchev–Trinajstić information content (AvgIpc) is 2.99. The Labute approximate surface area is 162 Å². The molecule has 0 aliphatic rings. The lowest BCUT2D eigenvalue weighted by molar-refractivity contribution is -0.108. The van der Waals surface area contributed by atoms with Gasteiger partial charge in [0.2, 0.25) is 6.41 Å². The Morgan fingerprint density at radius 1 is 1.35 bits per heavy atom. The molecule has 0 fully saturated rings. The molecule has 0 radical (unpaired) electrons. The normalized spacial score (nSPS) is 11.6. The molecule has 1 N–H and O–H groups in total. The van der Waals surface area contributed by atoms with Crippen molar-refractivity contribution in [2.75, 3.05) is 0 Å². The Hall–Kier alpha value is -2.50. The van der Waals surface area contributed by atoms with Crippen molar-refractivity contribution in [2.24, 2.45) is 0 Å². The second-order valence-electron chi connectivity index (χ2n) is 5.46. The number of carbonyl (C=O) groups is 1. The van der Waals surface area contributed by atoms with Gasteiger partial charge in [-0.25, -0.2) is 4.98 Å². The van der Waals surface area contributed by atoms with Crippen LogP contribution in [-0.4, -0.2) is 16.0 Å². The molecule has 0 aliphatic carbocycles. The number of benzene rings is 1. The molecule has 2 rings (SSSR count). The fourth-order valence-corrected chi connectivity index (χ4v) is 2.74. The van der Waals surface area contributed by atoms with Gasteiger partial charge in [0.1, 0.15) is 12.4 Å². The van der Waals surface area contributed by atoms with Gasteiger partial charge >= 0.3 is 0 Å². The first kappa shape index (κ1) is 19.8. The number of halogens is 2. The van der Waals surface area contributed by atoms with Crippen LogP contribution in [0.4, 0.5) is 0 Å². The van der Waals surface area contributed by atoms with E-state index in [2.05, 4.69) is 16.9 Å². The Bertz CT molecular complexity index is 821. The molecule has 0 aliphatic heterocycles. The summed E-state index contributed by atoms with van der Waals surface area (Å²) in [6.45, 7) is 6.42. The number of nitrogens with one attached hydrogen (secondary N) is 1. The van der Waals surface area contributed by atoms with Crippen LogP contribution < -0.4 is 5.32 Å². The van der Waals surface area contributed by atoms with E-state index in [1.807, 2.05) is 29.8 Å². The first-order valence-corrected chi connectivity index (χ1v) is 8.55. The summed E-state index contributed by atoms with van der Waals surface area (Å²) >= 11 is 12.1. The largest absolute Gasteiger partial charge is 0.490 e. The van der Waals surface area contributed by atoms with Crippen molar-refractivity contribution in [3.63, 3.8) is 0 Å².